The first-order valence-electron chi connectivity index (χ1n) is 12.8. The van der Waals surface area contributed by atoms with Crippen LogP contribution in [0.25, 0.3) is 11.1 Å². The highest BCUT2D eigenvalue weighted by Gasteiger charge is 2.41. The maximum Gasteiger partial charge on any atom is 0.296 e. The Morgan fingerprint density at radius 2 is 1.85 bits per heavy atom. The molecule has 0 fully saturated rings. The van der Waals surface area contributed by atoms with Crippen LogP contribution in [-0.2, 0) is 33.0 Å². The van der Waals surface area contributed by atoms with E-state index in [1.54, 1.807) is 24.3 Å². The van der Waals surface area contributed by atoms with Crippen molar-refractivity contribution in [3.63, 3.8) is 0 Å². The predicted octanol–water partition coefficient (Wildman–Crippen LogP) is 4.38. The first-order chi connectivity index (χ1) is 19.2. The van der Waals surface area contributed by atoms with Crippen LogP contribution in [0.1, 0.15) is 36.7 Å². The summed E-state index contributed by atoms with van der Waals surface area (Å²) in [6, 6.07) is 13.9. The molecular formula is C30H26FN3O5S. The van der Waals surface area contributed by atoms with Crippen molar-refractivity contribution in [2.75, 3.05) is 0 Å². The number of aromatic nitrogens is 3. The highest BCUT2D eigenvalue weighted by molar-refractivity contribution is 7.91. The Hall–Kier alpha value is -4.44. The second kappa shape index (κ2) is 10.6. The molecular weight excluding hydrogens is 533 g/mol. The Kier molecular flexibility index (Phi) is 7.20. The molecule has 2 aromatic heterocycles. The summed E-state index contributed by atoms with van der Waals surface area (Å²) in [5.41, 5.74) is -0.407. The third kappa shape index (κ3) is 4.54. The van der Waals surface area contributed by atoms with Crippen LogP contribution in [0, 0.1) is 5.82 Å². The average Bonchev–Trinajstić information content (AvgIpc) is 2.95. The van der Waals surface area contributed by atoms with Crippen molar-refractivity contribution < 1.29 is 22.7 Å². The number of carbonyl (C=O) groups is 1. The number of allylic oxidation sites excluding steroid dienone is 2. The van der Waals surface area contributed by atoms with Crippen LogP contribution in [0.2, 0.25) is 0 Å². The van der Waals surface area contributed by atoms with Gasteiger partial charge in [-0.15, -0.1) is 0 Å². The van der Waals surface area contributed by atoms with E-state index >= 15 is 0 Å². The van der Waals surface area contributed by atoms with Gasteiger partial charge < -0.3 is 5.11 Å². The molecule has 0 aliphatic heterocycles. The Balaban J connectivity index is 1.71. The predicted molar refractivity (Wildman–Crippen MR) is 146 cm³/mol. The minimum Gasteiger partial charge on any atom is -0.493 e. The molecule has 10 heteroatoms. The van der Waals surface area contributed by atoms with Crippen molar-refractivity contribution in [3.8, 4) is 17.0 Å². The molecule has 204 valence electrons. The van der Waals surface area contributed by atoms with E-state index in [4.69, 9.17) is 0 Å². The van der Waals surface area contributed by atoms with E-state index in [1.165, 1.54) is 41.1 Å². The summed E-state index contributed by atoms with van der Waals surface area (Å²) in [6.07, 6.45) is 8.60. The second-order valence-electron chi connectivity index (χ2n) is 9.55. The van der Waals surface area contributed by atoms with Crippen molar-refractivity contribution >= 4 is 16.1 Å². The fourth-order valence-corrected chi connectivity index (χ4v) is 6.41. The quantitative estimate of drug-likeness (QED) is 0.251. The van der Waals surface area contributed by atoms with Crippen LogP contribution >= 0.6 is 0 Å². The molecule has 1 atom stereocenters. The van der Waals surface area contributed by atoms with E-state index in [1.807, 2.05) is 19.1 Å². The van der Waals surface area contributed by atoms with Crippen LogP contribution in [0.4, 0.5) is 4.39 Å². The largest absolute Gasteiger partial charge is 0.493 e. The highest BCUT2D eigenvalue weighted by atomic mass is 32.2. The third-order valence-corrected chi connectivity index (χ3v) is 8.82. The molecule has 0 spiro atoms. The number of sulfone groups is 1. The van der Waals surface area contributed by atoms with E-state index < -0.39 is 37.5 Å². The Morgan fingerprint density at radius 3 is 2.55 bits per heavy atom. The molecule has 0 amide bonds. The second-order valence-corrected chi connectivity index (χ2v) is 11.4. The van der Waals surface area contributed by atoms with Gasteiger partial charge >= 0.3 is 0 Å². The van der Waals surface area contributed by atoms with Crippen molar-refractivity contribution in [3.05, 3.63) is 112 Å². The standard InChI is InChI=1S/C30H26FN3O5S/c1-2-3-10-26-33-28(36)27(29(37)34(26)30(19-35)15-6-8-21-7-4-5-9-25(21)30)40(38,39)24-13-11-20(12-14-24)22-16-23(31)18-32-17-22/h4-7,9,11-19,37H,2-3,8,10H2,1H3/t30-/m1/s1. The molecule has 0 unspecified atom stereocenters. The fourth-order valence-electron chi connectivity index (χ4n) is 5.07. The third-order valence-electron chi connectivity index (χ3n) is 7.03. The number of hydrogen-bond acceptors (Lipinski definition) is 7. The number of unbranched alkanes of at least 4 members (excludes halogenated alkanes) is 1. The number of rotatable bonds is 8. The lowest BCUT2D eigenvalue weighted by Crippen LogP contribution is -2.41. The lowest BCUT2D eigenvalue weighted by molar-refractivity contribution is -0.112. The highest BCUT2D eigenvalue weighted by Crippen LogP contribution is 2.39. The minimum atomic E-state index is -4.59. The van der Waals surface area contributed by atoms with E-state index in [2.05, 4.69) is 9.97 Å². The summed E-state index contributed by atoms with van der Waals surface area (Å²) < 4.78 is 42.4. The molecule has 0 saturated carbocycles. The van der Waals surface area contributed by atoms with Crippen LogP contribution in [0.15, 0.2) is 93.7 Å². The smallest absolute Gasteiger partial charge is 0.296 e. The SMILES string of the molecule is CCCCc1nc(=O)c(S(=O)(=O)c2ccc(-c3cncc(F)c3)cc2)c(O)n1[C@@]1(C=O)C=CCc2ccccc21. The number of pyridine rings is 1. The molecule has 0 bridgehead atoms. The zero-order chi connectivity index (χ0) is 28.5. The molecule has 1 aliphatic carbocycles. The molecule has 2 heterocycles. The molecule has 4 aromatic rings. The zero-order valence-corrected chi connectivity index (χ0v) is 22.4. The van der Waals surface area contributed by atoms with Gasteiger partial charge in [-0.05, 0) is 47.7 Å². The van der Waals surface area contributed by atoms with Gasteiger partial charge in [-0.2, -0.15) is 4.98 Å². The Morgan fingerprint density at radius 1 is 1.10 bits per heavy atom. The molecule has 0 radical (unpaired) electrons. The normalized spacial score (nSPS) is 16.4. The number of nitrogens with zero attached hydrogens (tertiary/aromatic N) is 3. The number of carbonyl (C=O) groups excluding carboxylic acids is 1. The van der Waals surface area contributed by atoms with Gasteiger partial charge in [0, 0.05) is 18.2 Å². The van der Waals surface area contributed by atoms with Crippen molar-refractivity contribution in [2.45, 2.75) is 47.9 Å². The number of benzene rings is 2. The van der Waals surface area contributed by atoms with Crippen LogP contribution < -0.4 is 5.56 Å². The first-order valence-corrected chi connectivity index (χ1v) is 14.2. The zero-order valence-electron chi connectivity index (χ0n) is 21.6. The average molecular weight is 560 g/mol. The summed E-state index contributed by atoms with van der Waals surface area (Å²) in [7, 11) is -4.59. The summed E-state index contributed by atoms with van der Waals surface area (Å²) in [5.74, 6) is -1.31. The number of aldehydes is 1. The number of halogens is 1. The topological polar surface area (TPSA) is 119 Å². The Bertz CT molecular complexity index is 1800. The number of aromatic hydroxyl groups is 1. The van der Waals surface area contributed by atoms with E-state index in [0.717, 1.165) is 18.2 Å². The van der Waals surface area contributed by atoms with Gasteiger partial charge in [0.1, 0.15) is 17.2 Å². The van der Waals surface area contributed by atoms with Gasteiger partial charge in [-0.3, -0.25) is 19.1 Å². The summed E-state index contributed by atoms with van der Waals surface area (Å²) in [4.78, 5) is 32.8. The fraction of sp³-hybridized carbons (Fsp3) is 0.200. The molecule has 8 nitrogen and oxygen atoms in total. The summed E-state index contributed by atoms with van der Waals surface area (Å²) >= 11 is 0. The van der Waals surface area contributed by atoms with Gasteiger partial charge in [0.2, 0.25) is 15.7 Å². The molecule has 1 N–H and O–H groups in total. The maximum absolute atomic E-state index is 13.8. The first kappa shape index (κ1) is 27.1. The Labute approximate surface area is 230 Å². The lowest BCUT2D eigenvalue weighted by atomic mass is 9.81. The van der Waals surface area contributed by atoms with Crippen molar-refractivity contribution in [1.29, 1.82) is 0 Å². The van der Waals surface area contributed by atoms with Crippen molar-refractivity contribution in [2.24, 2.45) is 0 Å². The molecule has 1 aliphatic rings. The molecule has 40 heavy (non-hydrogen) atoms. The van der Waals surface area contributed by atoms with Gasteiger partial charge in [0.05, 0.1) is 11.1 Å². The van der Waals surface area contributed by atoms with E-state index in [0.29, 0.717) is 35.8 Å². The lowest BCUT2D eigenvalue weighted by Gasteiger charge is -2.35. The van der Waals surface area contributed by atoms with E-state index in [9.17, 15) is 27.5 Å². The van der Waals surface area contributed by atoms with Gasteiger partial charge in [-0.1, -0.05) is 61.9 Å². The van der Waals surface area contributed by atoms with Crippen LogP contribution in [-0.4, -0.2) is 34.3 Å². The maximum atomic E-state index is 13.8. The molecule has 0 saturated heterocycles. The summed E-state index contributed by atoms with van der Waals surface area (Å²) in [6.45, 7) is 1.94. The van der Waals surface area contributed by atoms with Crippen LogP contribution in [0.5, 0.6) is 5.88 Å². The monoisotopic (exact) mass is 559 g/mol. The minimum absolute atomic E-state index is 0.103. The number of fused-ring (bicyclic) bond motifs is 1. The van der Waals surface area contributed by atoms with Crippen LogP contribution in [0.3, 0.4) is 0 Å². The van der Waals surface area contributed by atoms with Gasteiger partial charge in [0.25, 0.3) is 5.56 Å². The molecule has 2 aromatic carbocycles. The number of hydrogen-bond donors (Lipinski definition) is 1. The van der Waals surface area contributed by atoms with E-state index in [-0.39, 0.29) is 17.1 Å². The van der Waals surface area contributed by atoms with Gasteiger partial charge in [0.15, 0.2) is 11.2 Å². The van der Waals surface area contributed by atoms with Gasteiger partial charge in [-0.25, -0.2) is 12.8 Å². The molecule has 5 rings (SSSR count). The van der Waals surface area contributed by atoms with Crippen molar-refractivity contribution in [1.82, 2.24) is 14.5 Å². The summed E-state index contributed by atoms with van der Waals surface area (Å²) in [5, 5.41) is 11.6. The number of aryl methyl sites for hydroxylation is 1.